The van der Waals surface area contributed by atoms with Crippen LogP contribution < -0.4 is 5.32 Å². The van der Waals surface area contributed by atoms with Gasteiger partial charge in [-0.15, -0.1) is 0 Å². The van der Waals surface area contributed by atoms with Gasteiger partial charge in [-0.3, -0.25) is 9.89 Å². The minimum absolute atomic E-state index is 0.155. The van der Waals surface area contributed by atoms with Gasteiger partial charge in [0.05, 0.1) is 17.3 Å². The van der Waals surface area contributed by atoms with Gasteiger partial charge in [-0.2, -0.15) is 18.3 Å². The largest absolute Gasteiger partial charge is 0.507 e. The maximum absolute atomic E-state index is 12.6. The Labute approximate surface area is 129 Å². The first-order valence-corrected chi connectivity index (χ1v) is 7.07. The average Bonchev–Trinajstić information content (AvgIpc) is 2.93. The average molecular weight is 325 g/mol. The predicted molar refractivity (Wildman–Crippen MR) is 75.0 cm³/mol. The summed E-state index contributed by atoms with van der Waals surface area (Å²) in [6.07, 6.45) is -0.778. The Kier molecular flexibility index (Phi) is 3.75. The fraction of sp³-hybridized carbons (Fsp3) is 0.333. The quantitative estimate of drug-likeness (QED) is 0.793. The number of alkyl halides is 3. The monoisotopic (exact) mass is 325 g/mol. The van der Waals surface area contributed by atoms with Gasteiger partial charge in [-0.1, -0.05) is 0 Å². The van der Waals surface area contributed by atoms with Crippen molar-refractivity contribution in [3.8, 4) is 5.75 Å². The number of H-pyrrole nitrogens is 1. The van der Waals surface area contributed by atoms with Crippen LogP contribution in [0.1, 0.15) is 33.6 Å². The molecule has 0 unspecified atom stereocenters. The van der Waals surface area contributed by atoms with Crippen LogP contribution in [-0.4, -0.2) is 27.3 Å². The van der Waals surface area contributed by atoms with Crippen LogP contribution in [0.15, 0.2) is 24.4 Å². The van der Waals surface area contributed by atoms with Crippen LogP contribution in [0.25, 0.3) is 0 Å². The van der Waals surface area contributed by atoms with E-state index in [1.807, 2.05) is 0 Å². The third kappa shape index (κ3) is 3.15. The number of aryl methyl sites for hydroxylation is 1. The number of benzene rings is 1. The lowest BCUT2D eigenvalue weighted by molar-refractivity contribution is -0.137. The van der Waals surface area contributed by atoms with E-state index in [0.717, 1.165) is 29.8 Å². The fourth-order valence-corrected chi connectivity index (χ4v) is 2.69. The number of phenolic OH excluding ortho intramolecular Hbond substituents is 1. The van der Waals surface area contributed by atoms with E-state index in [2.05, 4.69) is 15.5 Å². The Hall–Kier alpha value is -2.51. The summed E-state index contributed by atoms with van der Waals surface area (Å²) in [4.78, 5) is 12.2. The molecule has 0 radical (unpaired) electrons. The first kappa shape index (κ1) is 15.4. The molecule has 23 heavy (non-hydrogen) atoms. The molecule has 1 aliphatic rings. The van der Waals surface area contributed by atoms with Crippen molar-refractivity contribution in [1.82, 2.24) is 15.5 Å². The van der Waals surface area contributed by atoms with Crippen LogP contribution in [0, 0.1) is 0 Å². The van der Waals surface area contributed by atoms with Gasteiger partial charge in [0.2, 0.25) is 0 Å². The van der Waals surface area contributed by atoms with Crippen molar-refractivity contribution in [2.45, 2.75) is 31.5 Å². The molecule has 5 nitrogen and oxygen atoms in total. The van der Waals surface area contributed by atoms with Crippen molar-refractivity contribution in [2.75, 3.05) is 0 Å². The van der Waals surface area contributed by atoms with Crippen molar-refractivity contribution in [1.29, 1.82) is 0 Å². The summed E-state index contributed by atoms with van der Waals surface area (Å²) in [5.41, 5.74) is 0.880. The van der Waals surface area contributed by atoms with Gasteiger partial charge in [-0.25, -0.2) is 0 Å². The minimum Gasteiger partial charge on any atom is -0.507 e. The van der Waals surface area contributed by atoms with Crippen molar-refractivity contribution < 1.29 is 23.1 Å². The maximum atomic E-state index is 12.6. The molecule has 1 aromatic carbocycles. The molecule has 1 amide bonds. The van der Waals surface area contributed by atoms with Crippen LogP contribution in [0.3, 0.4) is 0 Å². The standard InChI is InChI=1S/C15H14F3N3O2/c16-15(17,18)9-2-4-11(13(22)5-9)14(23)20-10-3-1-8-7-19-21-12(8)6-10/h2,4-5,7,10,22H,1,3,6H2,(H,19,21)(H,20,23)/t10-/m1/s1. The first-order chi connectivity index (χ1) is 10.8. The number of hydrogen-bond donors (Lipinski definition) is 3. The Balaban J connectivity index is 1.72. The topological polar surface area (TPSA) is 78.0 Å². The second kappa shape index (κ2) is 5.60. The number of phenols is 1. The molecule has 3 N–H and O–H groups in total. The van der Waals surface area contributed by atoms with E-state index in [4.69, 9.17) is 0 Å². The number of nitrogens with one attached hydrogen (secondary N) is 2. The summed E-state index contributed by atoms with van der Waals surface area (Å²) in [6.45, 7) is 0. The van der Waals surface area contributed by atoms with Gasteiger partial charge < -0.3 is 10.4 Å². The summed E-state index contributed by atoms with van der Waals surface area (Å²) in [5.74, 6) is -1.28. The molecule has 8 heteroatoms. The Morgan fingerprint density at radius 3 is 2.87 bits per heavy atom. The lowest BCUT2D eigenvalue weighted by Crippen LogP contribution is -2.38. The summed E-state index contributed by atoms with van der Waals surface area (Å²) in [7, 11) is 0. The molecule has 0 saturated heterocycles. The van der Waals surface area contributed by atoms with E-state index in [-0.39, 0.29) is 11.6 Å². The number of carbonyl (C=O) groups excluding carboxylic acids is 1. The van der Waals surface area contributed by atoms with Gasteiger partial charge in [0.25, 0.3) is 5.91 Å². The van der Waals surface area contributed by atoms with Crippen LogP contribution in [0.5, 0.6) is 5.75 Å². The first-order valence-electron chi connectivity index (χ1n) is 7.07. The predicted octanol–water partition coefficient (Wildman–Crippen LogP) is 2.42. The highest BCUT2D eigenvalue weighted by atomic mass is 19.4. The zero-order valence-electron chi connectivity index (χ0n) is 11.9. The van der Waals surface area contributed by atoms with Crippen molar-refractivity contribution in [2.24, 2.45) is 0 Å². The number of fused-ring (bicyclic) bond motifs is 1. The zero-order valence-corrected chi connectivity index (χ0v) is 11.9. The molecule has 3 rings (SSSR count). The highest BCUT2D eigenvalue weighted by Crippen LogP contribution is 2.32. The summed E-state index contributed by atoms with van der Waals surface area (Å²) in [5, 5.41) is 19.2. The van der Waals surface area contributed by atoms with E-state index in [1.54, 1.807) is 6.20 Å². The smallest absolute Gasteiger partial charge is 0.416 e. The van der Waals surface area contributed by atoms with Gasteiger partial charge in [0, 0.05) is 18.2 Å². The number of aromatic hydroxyl groups is 1. The number of rotatable bonds is 2. The normalized spacial score (nSPS) is 17.6. The van der Waals surface area contributed by atoms with E-state index < -0.39 is 23.4 Å². The van der Waals surface area contributed by atoms with Crippen molar-refractivity contribution >= 4 is 5.91 Å². The molecule has 1 aliphatic carbocycles. The molecule has 1 heterocycles. The molecule has 0 spiro atoms. The molecule has 0 bridgehead atoms. The lowest BCUT2D eigenvalue weighted by atomic mass is 9.93. The number of hydrogen-bond acceptors (Lipinski definition) is 3. The SMILES string of the molecule is O=C(N[C@@H]1CCc2cn[nH]c2C1)c1ccc(C(F)(F)F)cc1O. The molecular formula is C15H14F3N3O2. The van der Waals surface area contributed by atoms with E-state index in [9.17, 15) is 23.1 Å². The fourth-order valence-electron chi connectivity index (χ4n) is 2.69. The molecule has 0 fully saturated rings. The van der Waals surface area contributed by atoms with Gasteiger partial charge >= 0.3 is 6.18 Å². The van der Waals surface area contributed by atoms with E-state index >= 15 is 0 Å². The number of aromatic nitrogens is 2. The highest BCUT2D eigenvalue weighted by Gasteiger charge is 2.32. The third-order valence-electron chi connectivity index (χ3n) is 3.93. The number of aromatic amines is 1. The van der Waals surface area contributed by atoms with Crippen LogP contribution in [0.4, 0.5) is 13.2 Å². The second-order valence-corrected chi connectivity index (χ2v) is 5.52. The lowest BCUT2D eigenvalue weighted by Gasteiger charge is -2.23. The van der Waals surface area contributed by atoms with Crippen molar-refractivity contribution in [3.05, 3.63) is 46.8 Å². The van der Waals surface area contributed by atoms with E-state index in [0.29, 0.717) is 18.9 Å². The molecular weight excluding hydrogens is 311 g/mol. The number of nitrogens with zero attached hydrogens (tertiary/aromatic N) is 1. The van der Waals surface area contributed by atoms with Gasteiger partial charge in [0.15, 0.2) is 0 Å². The highest BCUT2D eigenvalue weighted by molar-refractivity contribution is 5.97. The summed E-state index contributed by atoms with van der Waals surface area (Å²) < 4.78 is 37.7. The molecule has 1 aromatic heterocycles. The minimum atomic E-state index is -4.56. The maximum Gasteiger partial charge on any atom is 0.416 e. The zero-order chi connectivity index (χ0) is 16.6. The summed E-state index contributed by atoms with van der Waals surface area (Å²) in [6, 6.07) is 2.17. The van der Waals surface area contributed by atoms with Crippen LogP contribution in [-0.2, 0) is 19.0 Å². The molecule has 1 atom stereocenters. The summed E-state index contributed by atoms with van der Waals surface area (Å²) >= 11 is 0. The second-order valence-electron chi connectivity index (χ2n) is 5.52. The molecule has 0 saturated carbocycles. The van der Waals surface area contributed by atoms with Gasteiger partial charge in [-0.05, 0) is 36.6 Å². The molecule has 122 valence electrons. The van der Waals surface area contributed by atoms with Crippen LogP contribution >= 0.6 is 0 Å². The van der Waals surface area contributed by atoms with Crippen LogP contribution in [0.2, 0.25) is 0 Å². The molecule has 0 aliphatic heterocycles. The third-order valence-corrected chi connectivity index (χ3v) is 3.93. The Morgan fingerprint density at radius 1 is 1.39 bits per heavy atom. The van der Waals surface area contributed by atoms with Gasteiger partial charge in [0.1, 0.15) is 5.75 Å². The number of halogens is 3. The Morgan fingerprint density at radius 2 is 2.17 bits per heavy atom. The Bertz CT molecular complexity index is 740. The number of amides is 1. The molecule has 2 aromatic rings. The van der Waals surface area contributed by atoms with E-state index in [1.165, 1.54) is 0 Å². The number of carbonyl (C=O) groups is 1. The van der Waals surface area contributed by atoms with Crippen molar-refractivity contribution in [3.63, 3.8) is 0 Å².